The molecule has 2 rings (SSSR count). The van der Waals surface area contributed by atoms with Crippen molar-refractivity contribution >= 4 is 34.7 Å². The van der Waals surface area contributed by atoms with Gasteiger partial charge in [0.15, 0.2) is 0 Å². The van der Waals surface area contributed by atoms with E-state index in [1.165, 1.54) is 15.3 Å². The average Bonchev–Trinajstić information content (AvgIpc) is 2.84. The maximum atomic E-state index is 6.27. The normalized spacial score (nSPS) is 12.6. The summed E-state index contributed by atoms with van der Waals surface area (Å²) in [5.41, 5.74) is 1.27. The molecule has 1 N–H and O–H groups in total. The molecule has 0 spiro atoms. The zero-order valence-corrected chi connectivity index (χ0v) is 13.5. The fourth-order valence-corrected chi connectivity index (χ4v) is 3.93. The average molecular weight is 312 g/mol. The van der Waals surface area contributed by atoms with Gasteiger partial charge in [0.05, 0.1) is 11.1 Å². The molecule has 1 aromatic heterocycles. The zero-order valence-electron chi connectivity index (χ0n) is 11.2. The highest BCUT2D eigenvalue weighted by Crippen LogP contribution is 2.33. The van der Waals surface area contributed by atoms with Crippen molar-refractivity contribution in [1.82, 2.24) is 5.32 Å². The van der Waals surface area contributed by atoms with E-state index in [0.717, 1.165) is 17.3 Å². The second-order valence-corrected chi connectivity index (χ2v) is 6.82. The number of halogens is 1. The molecule has 1 aromatic carbocycles. The van der Waals surface area contributed by atoms with Gasteiger partial charge in [-0.1, -0.05) is 37.6 Å². The quantitative estimate of drug-likeness (QED) is 0.735. The van der Waals surface area contributed by atoms with Crippen LogP contribution < -0.4 is 5.32 Å². The lowest BCUT2D eigenvalue weighted by atomic mass is 10.1. The first kappa shape index (κ1) is 14.9. The van der Waals surface area contributed by atoms with Crippen molar-refractivity contribution in [3.63, 3.8) is 0 Å². The maximum absolute atomic E-state index is 6.27. The maximum Gasteiger partial charge on any atom is 0.0686 e. The SMILES string of the molecule is CCNC(c1ccc(SCC)cc1)c1sccc1Cl. The van der Waals surface area contributed by atoms with Crippen LogP contribution in [0.15, 0.2) is 40.6 Å². The van der Waals surface area contributed by atoms with Gasteiger partial charge in [-0.05, 0) is 41.4 Å². The minimum Gasteiger partial charge on any atom is -0.306 e. The number of thiophene rings is 1. The molecule has 0 bridgehead atoms. The molecule has 2 aromatic rings. The Hall–Kier alpha value is -0.480. The van der Waals surface area contributed by atoms with Gasteiger partial charge in [-0.3, -0.25) is 0 Å². The van der Waals surface area contributed by atoms with Gasteiger partial charge in [0.2, 0.25) is 0 Å². The first-order chi connectivity index (χ1) is 9.26. The van der Waals surface area contributed by atoms with Crippen molar-refractivity contribution in [2.24, 2.45) is 0 Å². The smallest absolute Gasteiger partial charge is 0.0686 e. The molecule has 1 heterocycles. The molecule has 1 atom stereocenters. The molecule has 0 saturated carbocycles. The van der Waals surface area contributed by atoms with Gasteiger partial charge in [-0.15, -0.1) is 23.1 Å². The van der Waals surface area contributed by atoms with E-state index in [1.54, 1.807) is 11.3 Å². The molecule has 102 valence electrons. The lowest BCUT2D eigenvalue weighted by Crippen LogP contribution is -2.21. The molecule has 19 heavy (non-hydrogen) atoms. The molecular formula is C15H18ClNS2. The van der Waals surface area contributed by atoms with Crippen molar-refractivity contribution in [2.75, 3.05) is 12.3 Å². The summed E-state index contributed by atoms with van der Waals surface area (Å²) in [5.74, 6) is 1.10. The van der Waals surface area contributed by atoms with E-state index in [1.807, 2.05) is 23.2 Å². The van der Waals surface area contributed by atoms with Crippen LogP contribution in [0.25, 0.3) is 0 Å². The molecule has 0 amide bonds. The third kappa shape index (κ3) is 3.76. The van der Waals surface area contributed by atoms with Gasteiger partial charge >= 0.3 is 0 Å². The van der Waals surface area contributed by atoms with Crippen molar-refractivity contribution in [1.29, 1.82) is 0 Å². The number of hydrogen-bond donors (Lipinski definition) is 1. The Balaban J connectivity index is 2.26. The summed E-state index contributed by atoms with van der Waals surface area (Å²) < 4.78 is 0. The van der Waals surface area contributed by atoms with E-state index in [0.29, 0.717) is 0 Å². The summed E-state index contributed by atoms with van der Waals surface area (Å²) >= 11 is 9.84. The van der Waals surface area contributed by atoms with Crippen LogP contribution in [0.5, 0.6) is 0 Å². The summed E-state index contributed by atoms with van der Waals surface area (Å²) in [4.78, 5) is 2.51. The molecule has 0 aliphatic heterocycles. The Morgan fingerprint density at radius 2 is 1.95 bits per heavy atom. The zero-order chi connectivity index (χ0) is 13.7. The van der Waals surface area contributed by atoms with E-state index in [4.69, 9.17) is 11.6 Å². The topological polar surface area (TPSA) is 12.0 Å². The molecule has 0 aliphatic rings. The monoisotopic (exact) mass is 311 g/mol. The van der Waals surface area contributed by atoms with Gasteiger partial charge in [0.1, 0.15) is 0 Å². The largest absolute Gasteiger partial charge is 0.306 e. The van der Waals surface area contributed by atoms with Gasteiger partial charge in [0, 0.05) is 9.77 Å². The van der Waals surface area contributed by atoms with Crippen molar-refractivity contribution in [3.05, 3.63) is 51.2 Å². The van der Waals surface area contributed by atoms with Gasteiger partial charge < -0.3 is 5.32 Å². The van der Waals surface area contributed by atoms with Crippen LogP contribution in [0.1, 0.15) is 30.3 Å². The highest BCUT2D eigenvalue weighted by atomic mass is 35.5. The molecule has 1 unspecified atom stereocenters. The summed E-state index contributed by atoms with van der Waals surface area (Å²) in [6, 6.07) is 10.9. The third-order valence-electron chi connectivity index (χ3n) is 2.84. The Labute approximate surface area is 128 Å². The Bertz CT molecular complexity index is 507. The second-order valence-electron chi connectivity index (χ2n) is 4.13. The highest BCUT2D eigenvalue weighted by molar-refractivity contribution is 7.99. The van der Waals surface area contributed by atoms with Crippen LogP contribution >= 0.6 is 34.7 Å². The van der Waals surface area contributed by atoms with Crippen LogP contribution in [-0.4, -0.2) is 12.3 Å². The Morgan fingerprint density at radius 1 is 1.21 bits per heavy atom. The standard InChI is InChI=1S/C15H18ClNS2/c1-3-17-14(15-13(16)9-10-19-15)11-5-7-12(8-6-11)18-4-2/h5-10,14,17H,3-4H2,1-2H3. The van der Waals surface area contributed by atoms with Crippen molar-refractivity contribution in [2.45, 2.75) is 24.8 Å². The van der Waals surface area contributed by atoms with Gasteiger partial charge in [-0.2, -0.15) is 0 Å². The van der Waals surface area contributed by atoms with Crippen molar-refractivity contribution < 1.29 is 0 Å². The molecule has 0 aliphatic carbocycles. The molecule has 1 nitrogen and oxygen atoms in total. The minimum atomic E-state index is 0.193. The van der Waals surface area contributed by atoms with E-state index in [2.05, 4.69) is 43.4 Å². The lowest BCUT2D eigenvalue weighted by molar-refractivity contribution is 0.639. The predicted octanol–water partition coefficient (Wildman–Crippen LogP) is 5.21. The minimum absolute atomic E-state index is 0.193. The number of nitrogens with one attached hydrogen (secondary N) is 1. The van der Waals surface area contributed by atoms with Gasteiger partial charge in [-0.25, -0.2) is 0 Å². The van der Waals surface area contributed by atoms with E-state index in [-0.39, 0.29) is 6.04 Å². The Morgan fingerprint density at radius 3 is 2.47 bits per heavy atom. The summed E-state index contributed by atoms with van der Waals surface area (Å²) in [5, 5.41) is 6.41. The van der Waals surface area contributed by atoms with E-state index in [9.17, 15) is 0 Å². The van der Waals surface area contributed by atoms with Crippen LogP contribution in [0.4, 0.5) is 0 Å². The number of benzene rings is 1. The van der Waals surface area contributed by atoms with Crippen LogP contribution in [0.3, 0.4) is 0 Å². The predicted molar refractivity (Wildman–Crippen MR) is 87.7 cm³/mol. The fraction of sp³-hybridized carbons (Fsp3) is 0.333. The van der Waals surface area contributed by atoms with Gasteiger partial charge in [0.25, 0.3) is 0 Å². The third-order valence-corrected chi connectivity index (χ3v) is 5.16. The van der Waals surface area contributed by atoms with E-state index >= 15 is 0 Å². The number of hydrogen-bond acceptors (Lipinski definition) is 3. The summed E-state index contributed by atoms with van der Waals surface area (Å²) in [6.45, 7) is 5.21. The number of thioether (sulfide) groups is 1. The molecule has 0 fully saturated rings. The molecule has 0 radical (unpaired) electrons. The first-order valence-corrected chi connectivity index (χ1v) is 8.69. The van der Waals surface area contributed by atoms with Crippen LogP contribution in [-0.2, 0) is 0 Å². The number of rotatable bonds is 6. The Kier molecular flexibility index (Phi) is 5.76. The fourth-order valence-electron chi connectivity index (χ4n) is 2.00. The highest BCUT2D eigenvalue weighted by Gasteiger charge is 2.17. The lowest BCUT2D eigenvalue weighted by Gasteiger charge is -2.18. The van der Waals surface area contributed by atoms with E-state index < -0.39 is 0 Å². The second kappa shape index (κ2) is 7.34. The van der Waals surface area contributed by atoms with Crippen LogP contribution in [0, 0.1) is 0 Å². The molecular weight excluding hydrogens is 294 g/mol. The summed E-state index contributed by atoms with van der Waals surface area (Å²) in [6.07, 6.45) is 0. The summed E-state index contributed by atoms with van der Waals surface area (Å²) in [7, 11) is 0. The van der Waals surface area contributed by atoms with Crippen molar-refractivity contribution in [3.8, 4) is 0 Å². The first-order valence-electron chi connectivity index (χ1n) is 6.45. The van der Waals surface area contributed by atoms with Crippen LogP contribution in [0.2, 0.25) is 5.02 Å². The molecule has 4 heteroatoms. The molecule has 0 saturated heterocycles.